The molecule has 2 nitrogen and oxygen atoms in total. The van der Waals surface area contributed by atoms with Gasteiger partial charge in [0.25, 0.3) is 0 Å². The summed E-state index contributed by atoms with van der Waals surface area (Å²) in [5.41, 5.74) is 4.03. The number of hydrogen-bond donors (Lipinski definition) is 0. The molecule has 2 rings (SSSR count). The van der Waals surface area contributed by atoms with E-state index in [1.165, 1.54) is 12.1 Å². The summed E-state index contributed by atoms with van der Waals surface area (Å²) in [5.74, 6) is -0.192. The number of hydrogen-bond acceptors (Lipinski definition) is 3. The SMILES string of the molecule is CC(c1ccc(F)cc1)N(C)Cc1cscn1. The molecule has 0 fully saturated rings. The Kier molecular flexibility index (Phi) is 3.86. The maximum Gasteiger partial charge on any atom is 0.123 e. The zero-order valence-corrected chi connectivity index (χ0v) is 10.7. The number of halogens is 1. The van der Waals surface area contributed by atoms with Crippen molar-refractivity contribution in [2.45, 2.75) is 19.5 Å². The Labute approximate surface area is 105 Å². The van der Waals surface area contributed by atoms with Crippen LogP contribution in [-0.4, -0.2) is 16.9 Å². The van der Waals surface area contributed by atoms with Gasteiger partial charge in [0.2, 0.25) is 0 Å². The maximum atomic E-state index is 12.8. The molecule has 0 aliphatic carbocycles. The van der Waals surface area contributed by atoms with Crippen LogP contribution in [0.3, 0.4) is 0 Å². The van der Waals surface area contributed by atoms with Crippen molar-refractivity contribution in [3.63, 3.8) is 0 Å². The van der Waals surface area contributed by atoms with Crippen LogP contribution in [-0.2, 0) is 6.54 Å². The monoisotopic (exact) mass is 250 g/mol. The molecule has 1 atom stereocenters. The average Bonchev–Trinajstić information content (AvgIpc) is 2.82. The lowest BCUT2D eigenvalue weighted by Gasteiger charge is -2.24. The first-order chi connectivity index (χ1) is 8.16. The Morgan fingerprint density at radius 3 is 2.65 bits per heavy atom. The fraction of sp³-hybridized carbons (Fsp3) is 0.308. The van der Waals surface area contributed by atoms with Gasteiger partial charge in [-0.05, 0) is 31.7 Å². The molecule has 0 aliphatic heterocycles. The van der Waals surface area contributed by atoms with Crippen molar-refractivity contribution in [3.05, 3.63) is 52.2 Å². The Balaban J connectivity index is 2.04. The van der Waals surface area contributed by atoms with E-state index in [4.69, 9.17) is 0 Å². The van der Waals surface area contributed by atoms with E-state index in [0.717, 1.165) is 17.8 Å². The van der Waals surface area contributed by atoms with E-state index in [9.17, 15) is 4.39 Å². The lowest BCUT2D eigenvalue weighted by Crippen LogP contribution is -2.22. The summed E-state index contributed by atoms with van der Waals surface area (Å²) < 4.78 is 12.8. The van der Waals surface area contributed by atoms with Crippen LogP contribution in [0, 0.1) is 5.82 Å². The van der Waals surface area contributed by atoms with Crippen LogP contribution in [0.2, 0.25) is 0 Å². The van der Waals surface area contributed by atoms with E-state index in [2.05, 4.69) is 16.8 Å². The van der Waals surface area contributed by atoms with Crippen molar-refractivity contribution >= 4 is 11.3 Å². The molecule has 1 aromatic heterocycles. The molecule has 17 heavy (non-hydrogen) atoms. The van der Waals surface area contributed by atoms with Crippen LogP contribution in [0.15, 0.2) is 35.2 Å². The summed E-state index contributed by atoms with van der Waals surface area (Å²) in [7, 11) is 2.05. The van der Waals surface area contributed by atoms with E-state index in [0.29, 0.717) is 0 Å². The minimum atomic E-state index is -0.192. The van der Waals surface area contributed by atoms with Gasteiger partial charge >= 0.3 is 0 Å². The van der Waals surface area contributed by atoms with Crippen molar-refractivity contribution in [2.75, 3.05) is 7.05 Å². The van der Waals surface area contributed by atoms with Crippen molar-refractivity contribution < 1.29 is 4.39 Å². The molecule has 0 saturated heterocycles. The minimum Gasteiger partial charge on any atom is -0.294 e. The minimum absolute atomic E-state index is 0.192. The summed E-state index contributed by atoms with van der Waals surface area (Å²) >= 11 is 1.60. The third-order valence-electron chi connectivity index (χ3n) is 2.91. The van der Waals surface area contributed by atoms with Crippen molar-refractivity contribution in [3.8, 4) is 0 Å². The highest BCUT2D eigenvalue weighted by Gasteiger charge is 2.12. The molecule has 90 valence electrons. The Hall–Kier alpha value is -1.26. The predicted octanol–water partition coefficient (Wildman–Crippen LogP) is 3.48. The second-order valence-electron chi connectivity index (χ2n) is 4.12. The predicted molar refractivity (Wildman–Crippen MR) is 68.4 cm³/mol. The molecule has 4 heteroatoms. The lowest BCUT2D eigenvalue weighted by molar-refractivity contribution is 0.250. The average molecular weight is 250 g/mol. The molecular weight excluding hydrogens is 235 g/mol. The van der Waals surface area contributed by atoms with Gasteiger partial charge in [0.1, 0.15) is 5.82 Å². The van der Waals surface area contributed by atoms with E-state index in [1.54, 1.807) is 11.3 Å². The highest BCUT2D eigenvalue weighted by molar-refractivity contribution is 7.07. The van der Waals surface area contributed by atoms with E-state index in [-0.39, 0.29) is 11.9 Å². The molecule has 0 aliphatic rings. The second kappa shape index (κ2) is 5.38. The van der Waals surface area contributed by atoms with Gasteiger partial charge in [-0.1, -0.05) is 12.1 Å². The van der Waals surface area contributed by atoms with Crippen LogP contribution < -0.4 is 0 Å². The van der Waals surface area contributed by atoms with Gasteiger partial charge in [-0.2, -0.15) is 0 Å². The first-order valence-corrected chi connectivity index (χ1v) is 6.44. The lowest BCUT2D eigenvalue weighted by atomic mass is 10.1. The third kappa shape index (κ3) is 3.11. The second-order valence-corrected chi connectivity index (χ2v) is 4.84. The van der Waals surface area contributed by atoms with Gasteiger partial charge in [0.15, 0.2) is 0 Å². The first-order valence-electron chi connectivity index (χ1n) is 5.49. The standard InChI is InChI=1S/C13H15FN2S/c1-10(11-3-5-12(14)6-4-11)16(2)7-13-8-17-9-15-13/h3-6,8-10H,7H2,1-2H3. The molecule has 0 bridgehead atoms. The third-order valence-corrected chi connectivity index (χ3v) is 3.54. The fourth-order valence-corrected chi connectivity index (χ4v) is 2.25. The van der Waals surface area contributed by atoms with E-state index < -0.39 is 0 Å². The summed E-state index contributed by atoms with van der Waals surface area (Å²) in [6.07, 6.45) is 0. The molecule has 1 heterocycles. The molecule has 0 radical (unpaired) electrons. The molecule has 0 spiro atoms. The van der Waals surface area contributed by atoms with Gasteiger partial charge < -0.3 is 0 Å². The highest BCUT2D eigenvalue weighted by atomic mass is 32.1. The van der Waals surface area contributed by atoms with Crippen LogP contribution >= 0.6 is 11.3 Å². The zero-order valence-electron chi connectivity index (χ0n) is 9.93. The Bertz CT molecular complexity index is 453. The normalized spacial score (nSPS) is 12.9. The number of aromatic nitrogens is 1. The number of benzene rings is 1. The molecule has 1 aromatic carbocycles. The van der Waals surface area contributed by atoms with Crippen LogP contribution in [0.4, 0.5) is 4.39 Å². The summed E-state index contributed by atoms with van der Waals surface area (Å²) in [5, 5.41) is 2.05. The van der Waals surface area contributed by atoms with Crippen LogP contribution in [0.25, 0.3) is 0 Å². The molecule has 1 unspecified atom stereocenters. The summed E-state index contributed by atoms with van der Waals surface area (Å²) in [6.45, 7) is 2.92. The quantitative estimate of drug-likeness (QED) is 0.826. The van der Waals surface area contributed by atoms with Crippen molar-refractivity contribution in [2.24, 2.45) is 0 Å². The van der Waals surface area contributed by atoms with E-state index in [1.807, 2.05) is 30.1 Å². The maximum absolute atomic E-state index is 12.8. The van der Waals surface area contributed by atoms with Gasteiger partial charge in [0, 0.05) is 18.0 Å². The largest absolute Gasteiger partial charge is 0.294 e. The topological polar surface area (TPSA) is 16.1 Å². The molecular formula is C13H15FN2S. The van der Waals surface area contributed by atoms with Gasteiger partial charge in [-0.25, -0.2) is 9.37 Å². The smallest absolute Gasteiger partial charge is 0.123 e. The van der Waals surface area contributed by atoms with Gasteiger partial charge in [-0.3, -0.25) is 4.90 Å². The molecule has 0 saturated carbocycles. The molecule has 0 N–H and O–H groups in total. The number of nitrogens with zero attached hydrogens (tertiary/aromatic N) is 2. The van der Waals surface area contributed by atoms with Crippen molar-refractivity contribution in [1.82, 2.24) is 9.88 Å². The number of thiazole rings is 1. The summed E-state index contributed by atoms with van der Waals surface area (Å²) in [6, 6.07) is 6.91. The van der Waals surface area contributed by atoms with Crippen LogP contribution in [0.1, 0.15) is 24.2 Å². The van der Waals surface area contributed by atoms with E-state index >= 15 is 0 Å². The summed E-state index contributed by atoms with van der Waals surface area (Å²) in [4.78, 5) is 6.46. The Morgan fingerprint density at radius 1 is 1.35 bits per heavy atom. The van der Waals surface area contributed by atoms with Crippen LogP contribution in [0.5, 0.6) is 0 Å². The van der Waals surface area contributed by atoms with Crippen molar-refractivity contribution in [1.29, 1.82) is 0 Å². The van der Waals surface area contributed by atoms with Gasteiger partial charge in [-0.15, -0.1) is 11.3 Å². The fourth-order valence-electron chi connectivity index (χ4n) is 1.70. The first kappa shape index (κ1) is 12.2. The molecule has 2 aromatic rings. The zero-order chi connectivity index (χ0) is 12.3. The van der Waals surface area contributed by atoms with Gasteiger partial charge in [0.05, 0.1) is 11.2 Å². The number of rotatable bonds is 4. The Morgan fingerprint density at radius 2 is 2.06 bits per heavy atom. The molecule has 0 amide bonds. The highest BCUT2D eigenvalue weighted by Crippen LogP contribution is 2.20.